The van der Waals surface area contributed by atoms with Gasteiger partial charge in [-0.25, -0.2) is 9.78 Å². The quantitative estimate of drug-likeness (QED) is 0.236. The van der Waals surface area contributed by atoms with Crippen LogP contribution in [0.25, 0.3) is 21.3 Å². The lowest BCUT2D eigenvalue weighted by molar-refractivity contribution is -0.186. The van der Waals surface area contributed by atoms with Crippen LogP contribution in [0.1, 0.15) is 52.4 Å². The van der Waals surface area contributed by atoms with Crippen molar-refractivity contribution in [1.29, 1.82) is 0 Å². The second kappa shape index (κ2) is 12.4. The van der Waals surface area contributed by atoms with Gasteiger partial charge < -0.3 is 14.7 Å². The molecule has 1 saturated heterocycles. The van der Waals surface area contributed by atoms with Crippen molar-refractivity contribution >= 4 is 39.1 Å². The van der Waals surface area contributed by atoms with Crippen LogP contribution in [0.4, 0.5) is 13.2 Å². The molecule has 1 aromatic carbocycles. The van der Waals surface area contributed by atoms with Crippen molar-refractivity contribution in [2.45, 2.75) is 64.7 Å². The number of rotatable bonds is 7. The number of carboxylic acids is 1. The average Bonchev–Trinajstić information content (AvgIpc) is 3.43. The highest BCUT2D eigenvalue weighted by Gasteiger charge is 2.42. The van der Waals surface area contributed by atoms with Gasteiger partial charge in [-0.1, -0.05) is 11.6 Å². The molecule has 3 aromatic heterocycles. The van der Waals surface area contributed by atoms with Gasteiger partial charge in [-0.2, -0.15) is 13.2 Å². The van der Waals surface area contributed by atoms with Crippen LogP contribution in [0.5, 0.6) is 5.75 Å². The number of carboxylic acid groups (broad SMARTS) is 1. The number of alkyl halides is 3. The van der Waals surface area contributed by atoms with Crippen LogP contribution in [-0.4, -0.2) is 62.4 Å². The molecule has 1 aliphatic heterocycles. The molecule has 1 aliphatic carbocycles. The maximum atomic E-state index is 13.7. The van der Waals surface area contributed by atoms with E-state index in [9.17, 15) is 27.9 Å². The van der Waals surface area contributed by atoms with Crippen molar-refractivity contribution in [3.63, 3.8) is 0 Å². The minimum atomic E-state index is -4.16. The topological polar surface area (TPSA) is 97.6 Å². The van der Waals surface area contributed by atoms with E-state index in [1.165, 1.54) is 11.3 Å². The summed E-state index contributed by atoms with van der Waals surface area (Å²) in [5, 5.41) is 11.7. The highest BCUT2D eigenvalue weighted by atomic mass is 35.5. The van der Waals surface area contributed by atoms with Gasteiger partial charge in [0, 0.05) is 38.8 Å². The van der Waals surface area contributed by atoms with Crippen LogP contribution in [0.15, 0.2) is 34.4 Å². The van der Waals surface area contributed by atoms with E-state index in [1.54, 1.807) is 42.0 Å². The van der Waals surface area contributed by atoms with Crippen molar-refractivity contribution in [2.75, 3.05) is 19.7 Å². The molecule has 8 nitrogen and oxygen atoms in total. The van der Waals surface area contributed by atoms with Gasteiger partial charge in [-0.3, -0.25) is 14.3 Å². The van der Waals surface area contributed by atoms with Gasteiger partial charge in [0.1, 0.15) is 18.2 Å². The maximum Gasteiger partial charge on any atom is 0.391 e. The second-order valence-corrected chi connectivity index (χ2v) is 13.0. The van der Waals surface area contributed by atoms with Crippen LogP contribution in [0.2, 0.25) is 5.02 Å². The molecule has 45 heavy (non-hydrogen) atoms. The van der Waals surface area contributed by atoms with E-state index < -0.39 is 18.1 Å². The van der Waals surface area contributed by atoms with Crippen molar-refractivity contribution < 1.29 is 27.8 Å². The normalized spacial score (nSPS) is 17.9. The number of nitrogens with zero attached hydrogens (tertiary/aromatic N) is 4. The Labute approximate surface area is 266 Å². The number of likely N-dealkylation sites (tertiary alicyclic amines) is 1. The monoisotopic (exact) mass is 660 g/mol. The molecule has 4 aromatic rings. The van der Waals surface area contributed by atoms with Gasteiger partial charge in [0.2, 0.25) is 0 Å². The van der Waals surface area contributed by atoms with Gasteiger partial charge in [0.05, 0.1) is 33.9 Å². The number of fused-ring (bicyclic) bond motifs is 2. The number of hydrogen-bond acceptors (Lipinski definition) is 7. The molecule has 0 saturated carbocycles. The molecule has 13 heteroatoms. The number of pyridine rings is 1. The molecule has 0 radical (unpaired) electrons. The van der Waals surface area contributed by atoms with Gasteiger partial charge in [0.15, 0.2) is 0 Å². The number of aryl methyl sites for hydroxylation is 3. The lowest BCUT2D eigenvalue weighted by atomic mass is 9.88. The van der Waals surface area contributed by atoms with Gasteiger partial charge in [-0.15, -0.1) is 11.3 Å². The number of thiophene rings is 1. The molecule has 0 unspecified atom stereocenters. The zero-order chi connectivity index (χ0) is 32.0. The summed E-state index contributed by atoms with van der Waals surface area (Å²) in [5.41, 5.74) is 3.87. The smallest absolute Gasteiger partial charge is 0.391 e. The number of ether oxygens (including phenoxy) is 1. The van der Waals surface area contributed by atoms with E-state index >= 15 is 0 Å². The number of aromatic carboxylic acids is 1. The van der Waals surface area contributed by atoms with Gasteiger partial charge >= 0.3 is 12.1 Å². The molecule has 2 aliphatic rings. The fraction of sp³-hybridized carbons (Fsp3) is 0.438. The van der Waals surface area contributed by atoms with Crippen molar-refractivity contribution in [2.24, 2.45) is 5.92 Å². The lowest BCUT2D eigenvalue weighted by Gasteiger charge is -2.39. The zero-order valence-corrected chi connectivity index (χ0v) is 26.4. The minimum absolute atomic E-state index is 0.0183. The Bertz CT molecular complexity index is 1830. The molecule has 1 atom stereocenters. The van der Waals surface area contributed by atoms with Crippen LogP contribution in [-0.2, 0) is 19.4 Å². The standard InChI is InChI=1S/C32H32ClF3N4O4S/c1-17-13-23(29-28(37-17)25(16-45-29)31(42)43)22-14-20(33)3-6-27(22)44-12-11-40-18(2)38-26-5-4-21(15-24(26)30(40)41)39-9-7-19(8-10-39)32(34,35)36/h3,6,13-14,16,19,21H,4-5,7-12,15H2,1-2H3,(H,42,43)/t21-/m0/s1. The highest BCUT2D eigenvalue weighted by Crippen LogP contribution is 2.40. The van der Waals surface area contributed by atoms with Gasteiger partial charge in [0.25, 0.3) is 5.56 Å². The molecule has 6 rings (SSSR count). The first kappa shape index (κ1) is 31.5. The Morgan fingerprint density at radius 2 is 1.89 bits per heavy atom. The van der Waals surface area contributed by atoms with Crippen LogP contribution >= 0.6 is 22.9 Å². The lowest BCUT2D eigenvalue weighted by Crippen LogP contribution is -2.47. The average molecular weight is 661 g/mol. The number of benzene rings is 1. The van der Waals surface area contributed by atoms with E-state index in [2.05, 4.69) is 9.88 Å². The Morgan fingerprint density at radius 3 is 2.60 bits per heavy atom. The van der Waals surface area contributed by atoms with E-state index in [0.29, 0.717) is 69.6 Å². The van der Waals surface area contributed by atoms with Crippen LogP contribution in [0.3, 0.4) is 0 Å². The molecule has 0 bridgehead atoms. The number of piperidine rings is 1. The van der Waals surface area contributed by atoms with E-state index in [4.69, 9.17) is 21.3 Å². The van der Waals surface area contributed by atoms with Crippen LogP contribution < -0.4 is 10.3 Å². The highest BCUT2D eigenvalue weighted by molar-refractivity contribution is 7.18. The number of halogens is 4. The Hall–Kier alpha value is -3.48. The fourth-order valence-electron chi connectivity index (χ4n) is 6.55. The minimum Gasteiger partial charge on any atom is -0.491 e. The van der Waals surface area contributed by atoms with Crippen molar-refractivity contribution in [3.8, 4) is 16.9 Å². The molecular weight excluding hydrogens is 629 g/mol. The fourth-order valence-corrected chi connectivity index (χ4v) is 7.73. The second-order valence-electron chi connectivity index (χ2n) is 11.7. The molecule has 238 valence electrons. The number of carbonyl (C=O) groups is 1. The summed E-state index contributed by atoms with van der Waals surface area (Å²) in [6.45, 7) is 4.73. The molecular formula is C32H32ClF3N4O4S. The third-order valence-electron chi connectivity index (χ3n) is 8.89. The first-order chi connectivity index (χ1) is 21.4. The number of aromatic nitrogens is 3. The predicted molar refractivity (Wildman–Crippen MR) is 167 cm³/mol. The summed E-state index contributed by atoms with van der Waals surface area (Å²) in [4.78, 5) is 36.8. The third-order valence-corrected chi connectivity index (χ3v) is 10.1. The Balaban J connectivity index is 1.21. The predicted octanol–water partition coefficient (Wildman–Crippen LogP) is 6.70. The summed E-state index contributed by atoms with van der Waals surface area (Å²) in [7, 11) is 0. The van der Waals surface area contributed by atoms with E-state index in [1.807, 2.05) is 6.07 Å². The summed E-state index contributed by atoms with van der Waals surface area (Å²) in [6.07, 6.45) is -2.13. The third kappa shape index (κ3) is 6.32. The summed E-state index contributed by atoms with van der Waals surface area (Å²) in [6, 6.07) is 7.11. The maximum absolute atomic E-state index is 13.7. The molecule has 0 spiro atoms. The Kier molecular flexibility index (Phi) is 8.66. The summed E-state index contributed by atoms with van der Waals surface area (Å²) >= 11 is 7.67. The SMILES string of the molecule is Cc1cc(-c2cc(Cl)ccc2OCCn2c(C)nc3c(c2=O)C[C@@H](N2CCC(C(F)(F)F)CC2)CC3)c2scc(C(=O)O)c2n1. The summed E-state index contributed by atoms with van der Waals surface area (Å²) < 4.78 is 48.1. The zero-order valence-electron chi connectivity index (χ0n) is 24.8. The van der Waals surface area contributed by atoms with E-state index in [0.717, 1.165) is 17.7 Å². The van der Waals surface area contributed by atoms with E-state index in [-0.39, 0.29) is 43.2 Å². The van der Waals surface area contributed by atoms with Crippen molar-refractivity contribution in [3.05, 3.63) is 73.4 Å². The first-order valence-corrected chi connectivity index (χ1v) is 16.1. The molecule has 0 amide bonds. The van der Waals surface area contributed by atoms with Crippen LogP contribution in [0, 0.1) is 19.8 Å². The molecule has 1 N–H and O–H groups in total. The molecule has 4 heterocycles. The molecule has 1 fully saturated rings. The largest absolute Gasteiger partial charge is 0.491 e. The first-order valence-electron chi connectivity index (χ1n) is 14.9. The Morgan fingerprint density at radius 1 is 1.13 bits per heavy atom. The van der Waals surface area contributed by atoms with Crippen molar-refractivity contribution in [1.82, 2.24) is 19.4 Å². The summed E-state index contributed by atoms with van der Waals surface area (Å²) in [5.74, 6) is -1.21. The number of hydrogen-bond donors (Lipinski definition) is 1. The van der Waals surface area contributed by atoms with Gasteiger partial charge in [-0.05, 0) is 83.3 Å².